The number of benzene rings is 1. The summed E-state index contributed by atoms with van der Waals surface area (Å²) in [6.45, 7) is -0.330. The van der Waals surface area contributed by atoms with Crippen molar-refractivity contribution in [3.05, 3.63) is 35.9 Å². The minimum atomic E-state index is -1.51. The maximum atomic E-state index is 13.7. The van der Waals surface area contributed by atoms with Gasteiger partial charge in [-0.05, 0) is 18.4 Å². The van der Waals surface area contributed by atoms with E-state index in [0.29, 0.717) is 24.9 Å². The highest BCUT2D eigenvalue weighted by molar-refractivity contribution is 5.94. The molecule has 3 saturated heterocycles. The van der Waals surface area contributed by atoms with E-state index in [1.807, 2.05) is 0 Å². The number of guanidine groups is 1. The van der Waals surface area contributed by atoms with Crippen LogP contribution >= 0.6 is 0 Å². The number of rotatable bonds is 10. The third-order valence-electron chi connectivity index (χ3n) is 7.29. The molecule has 1 aromatic carbocycles. The second kappa shape index (κ2) is 12.3. The summed E-state index contributed by atoms with van der Waals surface area (Å²) >= 11 is 0. The van der Waals surface area contributed by atoms with E-state index in [0.717, 1.165) is 4.90 Å². The molecule has 3 fully saturated rings. The van der Waals surface area contributed by atoms with Gasteiger partial charge < -0.3 is 37.2 Å². The van der Waals surface area contributed by atoms with Gasteiger partial charge in [0.2, 0.25) is 17.7 Å². The van der Waals surface area contributed by atoms with E-state index in [4.69, 9.17) is 16.3 Å². The molecular formula is C25H33N7O8. The van der Waals surface area contributed by atoms with Crippen LogP contribution in [0.5, 0.6) is 0 Å². The van der Waals surface area contributed by atoms with Crippen LogP contribution in [0.4, 0.5) is 0 Å². The van der Waals surface area contributed by atoms with Crippen molar-refractivity contribution >= 4 is 35.6 Å². The molecule has 40 heavy (non-hydrogen) atoms. The SMILES string of the molecule is NC(N)=NCCC[C@@H]1NC(=O)[C@@H]2[C@H]1N1CC(=O)N[C@@H](CC(=O)O)C(=O)N([C@@H](Cc3ccccc3)C(=O)O)C[C@@H]2O1. The van der Waals surface area contributed by atoms with Gasteiger partial charge in [-0.1, -0.05) is 30.3 Å². The normalized spacial score (nSPS) is 28.7. The number of nitrogens with two attached hydrogens (primary N) is 2. The first-order valence-electron chi connectivity index (χ1n) is 12.9. The van der Waals surface area contributed by atoms with Crippen LogP contribution in [-0.2, 0) is 35.2 Å². The predicted molar refractivity (Wildman–Crippen MR) is 138 cm³/mol. The van der Waals surface area contributed by atoms with Gasteiger partial charge in [-0.3, -0.25) is 29.0 Å². The number of hydroxylamine groups is 2. The molecule has 15 nitrogen and oxygen atoms in total. The van der Waals surface area contributed by atoms with Crippen LogP contribution < -0.4 is 22.1 Å². The van der Waals surface area contributed by atoms with Crippen molar-refractivity contribution in [1.29, 1.82) is 0 Å². The standard InChI is InChI=1S/C25H33N7O8/c26-25(27)28-8-4-7-14-21-20(22(36)30-14)17-11-31(16(24(38)39)9-13-5-2-1-3-6-13)23(37)15(10-19(34)35)29-18(33)12-32(21)40-17/h1-3,5-6,14-17,20-21H,4,7-12H2,(H,29,33)(H,30,36)(H,34,35)(H,38,39)(H4,26,27,28)/t14-,15-,16-,17-,20-,21-/m0/s1. The first-order valence-corrected chi connectivity index (χ1v) is 12.9. The molecule has 8 N–H and O–H groups in total. The van der Waals surface area contributed by atoms with Gasteiger partial charge in [0, 0.05) is 19.0 Å². The summed E-state index contributed by atoms with van der Waals surface area (Å²) in [5.41, 5.74) is 11.4. The summed E-state index contributed by atoms with van der Waals surface area (Å²) in [6.07, 6.45) is -0.801. The molecule has 0 radical (unpaired) electrons. The first-order chi connectivity index (χ1) is 19.0. The zero-order valence-corrected chi connectivity index (χ0v) is 21.6. The maximum Gasteiger partial charge on any atom is 0.326 e. The van der Waals surface area contributed by atoms with Crippen LogP contribution in [0.25, 0.3) is 0 Å². The van der Waals surface area contributed by atoms with Crippen LogP contribution in [0.15, 0.2) is 35.3 Å². The Kier molecular flexibility index (Phi) is 8.84. The molecule has 4 rings (SSSR count). The van der Waals surface area contributed by atoms with E-state index < -0.39 is 66.4 Å². The number of carboxylic acid groups (broad SMARTS) is 2. The van der Waals surface area contributed by atoms with Gasteiger partial charge in [0.1, 0.15) is 24.7 Å². The highest BCUT2D eigenvalue weighted by Gasteiger charge is 2.57. The minimum Gasteiger partial charge on any atom is -0.481 e. The lowest BCUT2D eigenvalue weighted by Gasteiger charge is -2.35. The van der Waals surface area contributed by atoms with Crippen LogP contribution in [0.2, 0.25) is 0 Å². The number of amides is 3. The predicted octanol–water partition coefficient (Wildman–Crippen LogP) is -2.36. The molecule has 0 saturated carbocycles. The summed E-state index contributed by atoms with van der Waals surface area (Å²) in [5.74, 6) is -5.47. The largest absolute Gasteiger partial charge is 0.481 e. The summed E-state index contributed by atoms with van der Waals surface area (Å²) in [7, 11) is 0. The topological polar surface area (TPSA) is 230 Å². The number of hydrogen-bond donors (Lipinski definition) is 6. The monoisotopic (exact) mass is 559 g/mol. The first kappa shape index (κ1) is 28.8. The molecule has 216 valence electrons. The average Bonchev–Trinajstić information content (AvgIpc) is 3.40. The number of carboxylic acids is 2. The van der Waals surface area contributed by atoms with Crippen molar-refractivity contribution in [2.45, 2.75) is 56.0 Å². The van der Waals surface area contributed by atoms with Gasteiger partial charge >= 0.3 is 11.9 Å². The Labute approximate surface area is 229 Å². The lowest BCUT2D eigenvalue weighted by molar-refractivity contribution is -0.185. The van der Waals surface area contributed by atoms with Crippen molar-refractivity contribution in [3.8, 4) is 0 Å². The lowest BCUT2D eigenvalue weighted by Crippen LogP contribution is -2.59. The van der Waals surface area contributed by atoms with E-state index >= 15 is 0 Å². The van der Waals surface area contributed by atoms with Crippen LogP contribution in [0, 0.1) is 5.92 Å². The molecular weight excluding hydrogens is 526 g/mol. The van der Waals surface area contributed by atoms with Crippen molar-refractivity contribution in [1.82, 2.24) is 20.6 Å². The second-order valence-corrected chi connectivity index (χ2v) is 10.1. The number of nitrogens with one attached hydrogen (secondary N) is 2. The van der Waals surface area contributed by atoms with E-state index in [-0.39, 0.29) is 31.4 Å². The summed E-state index contributed by atoms with van der Waals surface area (Å²) < 4.78 is 0. The zero-order valence-electron chi connectivity index (χ0n) is 21.6. The molecule has 15 heteroatoms. The molecule has 2 bridgehead atoms. The molecule has 3 heterocycles. The van der Waals surface area contributed by atoms with E-state index in [2.05, 4.69) is 15.6 Å². The quantitative estimate of drug-likeness (QED) is 0.101. The molecule has 7 atom stereocenters. The van der Waals surface area contributed by atoms with Gasteiger partial charge in [0.15, 0.2) is 5.96 Å². The molecule has 1 unspecified atom stereocenters. The fraction of sp³-hybridized carbons (Fsp3) is 0.520. The number of hydrogen-bond acceptors (Lipinski definition) is 8. The van der Waals surface area contributed by atoms with Crippen LogP contribution in [0.1, 0.15) is 24.8 Å². The molecule has 3 amide bonds. The third kappa shape index (κ3) is 6.48. The van der Waals surface area contributed by atoms with Crippen LogP contribution in [-0.4, -0.2) is 106 Å². The Balaban J connectivity index is 1.67. The number of aliphatic carboxylic acids is 2. The number of aliphatic imine (C=N–C) groups is 1. The van der Waals surface area contributed by atoms with Crippen molar-refractivity contribution in [3.63, 3.8) is 0 Å². The van der Waals surface area contributed by atoms with Gasteiger partial charge in [-0.25, -0.2) is 4.79 Å². The smallest absolute Gasteiger partial charge is 0.326 e. The highest BCUT2D eigenvalue weighted by atomic mass is 16.7. The average molecular weight is 560 g/mol. The second-order valence-electron chi connectivity index (χ2n) is 10.1. The molecule has 0 aliphatic carbocycles. The number of carbonyl (C=O) groups excluding carboxylic acids is 3. The summed E-state index contributed by atoms with van der Waals surface area (Å²) in [6, 6.07) is 4.69. The van der Waals surface area contributed by atoms with E-state index in [1.165, 1.54) is 5.06 Å². The summed E-state index contributed by atoms with van der Waals surface area (Å²) in [5, 5.41) is 26.3. The Bertz CT molecular complexity index is 1170. The molecule has 0 spiro atoms. The van der Waals surface area contributed by atoms with Crippen molar-refractivity contribution in [2.75, 3.05) is 19.6 Å². The highest BCUT2D eigenvalue weighted by Crippen LogP contribution is 2.37. The Hall–Kier alpha value is -4.24. The zero-order chi connectivity index (χ0) is 29.0. The summed E-state index contributed by atoms with van der Waals surface area (Å²) in [4.78, 5) is 74.9. The number of fused-ring (bicyclic) bond motifs is 5. The number of carbonyl (C=O) groups is 5. The number of nitrogens with zero attached hydrogens (tertiary/aromatic N) is 3. The molecule has 3 aliphatic heterocycles. The van der Waals surface area contributed by atoms with Crippen LogP contribution in [0.3, 0.4) is 0 Å². The Morgan fingerprint density at radius 2 is 1.85 bits per heavy atom. The van der Waals surface area contributed by atoms with E-state index in [1.54, 1.807) is 30.3 Å². The van der Waals surface area contributed by atoms with Crippen molar-refractivity contribution < 1.29 is 39.0 Å². The molecule has 3 aliphatic rings. The van der Waals surface area contributed by atoms with Gasteiger partial charge in [0.25, 0.3) is 0 Å². The Morgan fingerprint density at radius 1 is 1.12 bits per heavy atom. The van der Waals surface area contributed by atoms with Gasteiger partial charge in [-0.2, -0.15) is 5.06 Å². The fourth-order valence-corrected chi connectivity index (χ4v) is 5.59. The lowest BCUT2D eigenvalue weighted by atomic mass is 9.91. The molecule has 1 aromatic rings. The van der Waals surface area contributed by atoms with Crippen molar-refractivity contribution in [2.24, 2.45) is 22.4 Å². The Morgan fingerprint density at radius 3 is 2.50 bits per heavy atom. The van der Waals surface area contributed by atoms with E-state index in [9.17, 15) is 34.2 Å². The minimum absolute atomic E-state index is 0.0570. The fourth-order valence-electron chi connectivity index (χ4n) is 5.59. The maximum absolute atomic E-state index is 13.7. The van der Waals surface area contributed by atoms with Gasteiger partial charge in [0.05, 0.1) is 24.9 Å². The molecule has 0 aromatic heterocycles. The van der Waals surface area contributed by atoms with Gasteiger partial charge in [-0.15, -0.1) is 0 Å². The third-order valence-corrected chi connectivity index (χ3v) is 7.29.